The van der Waals surface area contributed by atoms with Gasteiger partial charge in [0.05, 0.1) is 22.0 Å². The summed E-state index contributed by atoms with van der Waals surface area (Å²) >= 11 is 0. The molecule has 34 heavy (non-hydrogen) atoms. The third-order valence-corrected chi connectivity index (χ3v) is 6.10. The minimum atomic E-state index is -1.13. The predicted octanol–water partition coefficient (Wildman–Crippen LogP) is 6.89. The number of aromatic nitrogens is 2. The summed E-state index contributed by atoms with van der Waals surface area (Å²) in [5.41, 5.74) is 4.43. The second-order valence-electron chi connectivity index (χ2n) is 9.47. The molecule has 1 heterocycles. The summed E-state index contributed by atoms with van der Waals surface area (Å²) in [6, 6.07) is 19.3. The summed E-state index contributed by atoms with van der Waals surface area (Å²) < 4.78 is 14.9. The number of benzene rings is 4. The van der Waals surface area contributed by atoms with E-state index in [0.29, 0.717) is 33.2 Å². The molecule has 0 fully saturated rings. The number of H-pyrrole nitrogens is 1. The van der Waals surface area contributed by atoms with Gasteiger partial charge in [-0.25, -0.2) is 14.2 Å². The number of aromatic amines is 1. The number of rotatable bonds is 3. The van der Waals surface area contributed by atoms with Crippen LogP contribution in [0.1, 0.15) is 36.7 Å². The van der Waals surface area contributed by atoms with Gasteiger partial charge in [-0.3, -0.25) is 0 Å². The number of nitrogens with zero attached hydrogens (tertiary/aromatic N) is 1. The Balaban J connectivity index is 1.62. The molecular formula is C28H23FN2O3. The van der Waals surface area contributed by atoms with Crippen LogP contribution in [-0.4, -0.2) is 26.2 Å². The van der Waals surface area contributed by atoms with E-state index >= 15 is 0 Å². The lowest BCUT2D eigenvalue weighted by Crippen LogP contribution is -2.10. The number of nitrogens with one attached hydrogen (secondary N) is 1. The van der Waals surface area contributed by atoms with Gasteiger partial charge in [0.1, 0.15) is 22.9 Å². The summed E-state index contributed by atoms with van der Waals surface area (Å²) in [4.78, 5) is 19.1. The molecule has 170 valence electrons. The normalized spacial score (nSPS) is 11.9. The van der Waals surface area contributed by atoms with E-state index in [1.54, 1.807) is 24.3 Å². The molecule has 0 saturated carbocycles. The third-order valence-electron chi connectivity index (χ3n) is 6.10. The van der Waals surface area contributed by atoms with Crippen molar-refractivity contribution in [3.8, 4) is 28.3 Å². The molecule has 5 rings (SSSR count). The number of phenols is 1. The fourth-order valence-corrected chi connectivity index (χ4v) is 4.21. The predicted molar refractivity (Wildman–Crippen MR) is 132 cm³/mol. The summed E-state index contributed by atoms with van der Waals surface area (Å²) in [5, 5.41) is 20.7. The van der Waals surface area contributed by atoms with Gasteiger partial charge in [0.15, 0.2) is 0 Å². The van der Waals surface area contributed by atoms with Crippen LogP contribution in [0, 0.1) is 5.82 Å². The zero-order chi connectivity index (χ0) is 24.2. The molecule has 0 aliphatic heterocycles. The minimum Gasteiger partial charge on any atom is -0.507 e. The van der Waals surface area contributed by atoms with Gasteiger partial charge in [-0.2, -0.15) is 0 Å². The molecule has 5 aromatic rings. The summed E-state index contributed by atoms with van der Waals surface area (Å²) in [6.45, 7) is 6.47. The summed E-state index contributed by atoms with van der Waals surface area (Å²) in [5.74, 6) is -1.41. The van der Waals surface area contributed by atoms with Crippen molar-refractivity contribution in [1.82, 2.24) is 9.97 Å². The number of halogens is 1. The van der Waals surface area contributed by atoms with E-state index in [4.69, 9.17) is 0 Å². The molecule has 0 bridgehead atoms. The zero-order valence-electron chi connectivity index (χ0n) is 19.0. The number of hydrogen-bond donors (Lipinski definition) is 3. The van der Waals surface area contributed by atoms with E-state index in [-0.39, 0.29) is 16.7 Å². The van der Waals surface area contributed by atoms with Crippen molar-refractivity contribution in [3.05, 3.63) is 83.7 Å². The van der Waals surface area contributed by atoms with Gasteiger partial charge in [-0.05, 0) is 57.8 Å². The average molecular weight is 455 g/mol. The maximum Gasteiger partial charge on any atom is 0.335 e. The molecule has 0 saturated heterocycles. The second kappa shape index (κ2) is 7.70. The summed E-state index contributed by atoms with van der Waals surface area (Å²) in [6.07, 6.45) is 0. The number of aromatic carboxylic acids is 1. The van der Waals surface area contributed by atoms with E-state index in [1.165, 1.54) is 23.8 Å². The van der Waals surface area contributed by atoms with E-state index < -0.39 is 11.8 Å². The molecule has 4 aromatic carbocycles. The summed E-state index contributed by atoms with van der Waals surface area (Å²) in [7, 11) is 0. The van der Waals surface area contributed by atoms with Crippen LogP contribution in [0.3, 0.4) is 0 Å². The highest BCUT2D eigenvalue weighted by atomic mass is 19.1. The molecule has 0 aliphatic carbocycles. The lowest BCUT2D eigenvalue weighted by molar-refractivity contribution is 0.0696. The van der Waals surface area contributed by atoms with Crippen LogP contribution in [0.25, 0.3) is 44.3 Å². The number of carboxylic acid groups (broad SMARTS) is 1. The third kappa shape index (κ3) is 3.67. The minimum absolute atomic E-state index is 0.0173. The number of imidazole rings is 1. The Labute approximate surface area is 195 Å². The van der Waals surface area contributed by atoms with E-state index in [0.717, 1.165) is 11.1 Å². The monoisotopic (exact) mass is 454 g/mol. The Kier molecular flexibility index (Phi) is 4.90. The molecule has 5 nitrogen and oxygen atoms in total. The van der Waals surface area contributed by atoms with Crippen LogP contribution in [0.2, 0.25) is 0 Å². The molecule has 1 aromatic heterocycles. The molecule has 0 radical (unpaired) electrons. The first-order chi connectivity index (χ1) is 16.1. The topological polar surface area (TPSA) is 86.2 Å². The highest BCUT2D eigenvalue weighted by Crippen LogP contribution is 2.35. The Hall–Kier alpha value is -4.19. The van der Waals surface area contributed by atoms with Crippen LogP contribution in [0.5, 0.6) is 5.75 Å². The maximum absolute atomic E-state index is 14.9. The van der Waals surface area contributed by atoms with Crippen LogP contribution in [-0.2, 0) is 5.41 Å². The Bertz CT molecular complexity index is 1580. The molecule has 0 aliphatic rings. The average Bonchev–Trinajstić information content (AvgIpc) is 3.22. The fraction of sp³-hybridized carbons (Fsp3) is 0.143. The van der Waals surface area contributed by atoms with Gasteiger partial charge in [-0.15, -0.1) is 0 Å². The van der Waals surface area contributed by atoms with Crippen molar-refractivity contribution < 1.29 is 19.4 Å². The molecule has 6 heteroatoms. The number of aromatic hydroxyl groups is 1. The largest absolute Gasteiger partial charge is 0.507 e. The number of carboxylic acids is 1. The van der Waals surface area contributed by atoms with Gasteiger partial charge in [0, 0.05) is 0 Å². The quantitative estimate of drug-likeness (QED) is 0.277. The van der Waals surface area contributed by atoms with Gasteiger partial charge in [-0.1, -0.05) is 57.2 Å². The maximum atomic E-state index is 14.9. The van der Waals surface area contributed by atoms with Crippen LogP contribution >= 0.6 is 0 Å². The molecule has 0 amide bonds. The van der Waals surface area contributed by atoms with Crippen LogP contribution in [0.15, 0.2) is 66.7 Å². The highest BCUT2D eigenvalue weighted by Gasteiger charge is 2.17. The SMILES string of the molecule is CC(C)(C)c1ccc(-c2ccc(F)c(-c3nc4c(ccc5cc(C(=O)O)cc(O)c54)[nH]3)c2)cc1. The van der Waals surface area contributed by atoms with Crippen molar-refractivity contribution in [2.24, 2.45) is 0 Å². The molecule has 3 N–H and O–H groups in total. The smallest absolute Gasteiger partial charge is 0.335 e. The molecule has 0 atom stereocenters. The second-order valence-corrected chi connectivity index (χ2v) is 9.47. The van der Waals surface area contributed by atoms with E-state index in [2.05, 4.69) is 42.9 Å². The molecular weight excluding hydrogens is 431 g/mol. The number of fused-ring (bicyclic) bond motifs is 3. The van der Waals surface area contributed by atoms with Gasteiger partial charge < -0.3 is 15.2 Å². The first-order valence-corrected chi connectivity index (χ1v) is 10.9. The highest BCUT2D eigenvalue weighted by molar-refractivity contribution is 6.10. The lowest BCUT2D eigenvalue weighted by atomic mass is 9.86. The fourth-order valence-electron chi connectivity index (χ4n) is 4.21. The number of hydrogen-bond acceptors (Lipinski definition) is 3. The van der Waals surface area contributed by atoms with Crippen molar-refractivity contribution >= 4 is 27.8 Å². The van der Waals surface area contributed by atoms with Crippen LogP contribution in [0.4, 0.5) is 4.39 Å². The Morgan fingerprint density at radius 1 is 0.941 bits per heavy atom. The standard InChI is InChI=1S/C28H23FN2O3/c1-28(2,3)19-8-4-15(5-9-19)16-6-10-21(29)20(13-16)26-30-22-11-7-17-12-18(27(33)34)14-23(32)24(17)25(22)31-26/h4-14,32H,1-3H3,(H,30,31)(H,33,34). The number of phenolic OH excluding ortho intramolecular Hbond substituents is 1. The van der Waals surface area contributed by atoms with Crippen molar-refractivity contribution in [2.45, 2.75) is 26.2 Å². The van der Waals surface area contributed by atoms with Crippen molar-refractivity contribution in [2.75, 3.05) is 0 Å². The molecule has 0 spiro atoms. The first kappa shape index (κ1) is 21.6. The Morgan fingerprint density at radius 3 is 2.32 bits per heavy atom. The van der Waals surface area contributed by atoms with E-state index in [9.17, 15) is 19.4 Å². The lowest BCUT2D eigenvalue weighted by Gasteiger charge is -2.19. The van der Waals surface area contributed by atoms with Crippen molar-refractivity contribution in [3.63, 3.8) is 0 Å². The van der Waals surface area contributed by atoms with Crippen molar-refractivity contribution in [1.29, 1.82) is 0 Å². The van der Waals surface area contributed by atoms with E-state index in [1.807, 2.05) is 12.1 Å². The van der Waals surface area contributed by atoms with Gasteiger partial charge in [0.25, 0.3) is 0 Å². The van der Waals surface area contributed by atoms with Gasteiger partial charge >= 0.3 is 5.97 Å². The first-order valence-electron chi connectivity index (χ1n) is 10.9. The zero-order valence-corrected chi connectivity index (χ0v) is 19.0. The number of carbonyl (C=O) groups is 1. The van der Waals surface area contributed by atoms with Gasteiger partial charge in [0.2, 0.25) is 0 Å². The Morgan fingerprint density at radius 2 is 1.65 bits per heavy atom. The van der Waals surface area contributed by atoms with Crippen LogP contribution < -0.4 is 0 Å². The molecule has 0 unspecified atom stereocenters.